The number of carbonyl (C=O) groups is 1. The predicted molar refractivity (Wildman–Crippen MR) is 73.3 cm³/mol. The summed E-state index contributed by atoms with van der Waals surface area (Å²) in [6.07, 6.45) is 0.563. The molecule has 1 aromatic carbocycles. The van der Waals surface area contributed by atoms with Crippen LogP contribution in [0.25, 0.3) is 10.9 Å². The molecule has 1 aromatic heterocycles. The van der Waals surface area contributed by atoms with Crippen LogP contribution in [0.1, 0.15) is 17.7 Å². The summed E-state index contributed by atoms with van der Waals surface area (Å²) in [5.74, 6) is -0.130. The number of benzene rings is 1. The van der Waals surface area contributed by atoms with Gasteiger partial charge in [0.2, 0.25) is 0 Å². The first-order valence-electron chi connectivity index (χ1n) is 6.25. The van der Waals surface area contributed by atoms with E-state index in [2.05, 4.69) is 9.72 Å². The average Bonchev–Trinajstić information content (AvgIpc) is 2.44. The second-order valence-electron chi connectivity index (χ2n) is 4.50. The minimum Gasteiger partial charge on any atom is -0.496 e. The molecule has 1 heterocycles. The number of aryl methyl sites for hydroxylation is 2. The average molecular weight is 277 g/mol. The van der Waals surface area contributed by atoms with E-state index in [1.54, 1.807) is 6.07 Å². The van der Waals surface area contributed by atoms with Gasteiger partial charge in [0.15, 0.2) is 0 Å². The van der Waals surface area contributed by atoms with E-state index in [4.69, 9.17) is 4.74 Å². The molecular formula is C15H16FNO3. The lowest BCUT2D eigenvalue weighted by atomic mass is 10.0. The maximum atomic E-state index is 13.7. The third kappa shape index (κ3) is 2.87. The van der Waals surface area contributed by atoms with Crippen molar-refractivity contribution in [3.63, 3.8) is 0 Å². The Morgan fingerprint density at radius 3 is 2.70 bits per heavy atom. The van der Waals surface area contributed by atoms with Gasteiger partial charge in [0.05, 0.1) is 19.7 Å². The van der Waals surface area contributed by atoms with Crippen LogP contribution < -0.4 is 4.74 Å². The van der Waals surface area contributed by atoms with Crippen LogP contribution in [0.2, 0.25) is 0 Å². The van der Waals surface area contributed by atoms with Crippen LogP contribution >= 0.6 is 0 Å². The zero-order valence-electron chi connectivity index (χ0n) is 11.7. The first-order valence-corrected chi connectivity index (χ1v) is 6.25. The van der Waals surface area contributed by atoms with E-state index in [-0.39, 0.29) is 18.2 Å². The lowest BCUT2D eigenvalue weighted by Crippen LogP contribution is -2.03. The summed E-state index contributed by atoms with van der Waals surface area (Å²) in [6.45, 7) is 1.84. The topological polar surface area (TPSA) is 48.4 Å². The fourth-order valence-electron chi connectivity index (χ4n) is 2.15. The van der Waals surface area contributed by atoms with Gasteiger partial charge in [-0.2, -0.15) is 0 Å². The number of rotatable bonds is 4. The van der Waals surface area contributed by atoms with Gasteiger partial charge >= 0.3 is 5.97 Å². The minimum absolute atomic E-state index is 0.187. The molecule has 0 aliphatic rings. The first kappa shape index (κ1) is 14.2. The summed E-state index contributed by atoms with van der Waals surface area (Å²) in [7, 11) is 2.87. The summed E-state index contributed by atoms with van der Waals surface area (Å²) in [4.78, 5) is 15.7. The SMILES string of the molecule is COC(=O)CCc1cc(F)cc2c(OC)cc(C)nc12. The molecule has 0 aliphatic heterocycles. The monoisotopic (exact) mass is 277 g/mol. The molecule has 0 aliphatic carbocycles. The zero-order valence-corrected chi connectivity index (χ0v) is 11.7. The van der Waals surface area contributed by atoms with Gasteiger partial charge in [0, 0.05) is 23.6 Å². The van der Waals surface area contributed by atoms with Crippen molar-refractivity contribution in [1.29, 1.82) is 0 Å². The second-order valence-corrected chi connectivity index (χ2v) is 4.50. The summed E-state index contributed by atoms with van der Waals surface area (Å²) < 4.78 is 23.6. The second kappa shape index (κ2) is 5.86. The number of ether oxygens (including phenoxy) is 2. The molecule has 0 unspecified atom stereocenters. The molecular weight excluding hydrogens is 261 g/mol. The number of carbonyl (C=O) groups excluding carboxylic acids is 1. The van der Waals surface area contributed by atoms with Gasteiger partial charge in [-0.1, -0.05) is 0 Å². The molecule has 2 aromatic rings. The predicted octanol–water partition coefficient (Wildman–Crippen LogP) is 2.80. The highest BCUT2D eigenvalue weighted by atomic mass is 19.1. The fraction of sp³-hybridized carbons (Fsp3) is 0.333. The van der Waals surface area contributed by atoms with Crippen molar-refractivity contribution >= 4 is 16.9 Å². The van der Waals surface area contributed by atoms with E-state index in [9.17, 15) is 9.18 Å². The van der Waals surface area contributed by atoms with E-state index < -0.39 is 0 Å². The highest BCUT2D eigenvalue weighted by Crippen LogP contribution is 2.29. The number of esters is 1. The molecule has 106 valence electrons. The van der Waals surface area contributed by atoms with Gasteiger partial charge in [-0.25, -0.2) is 4.39 Å². The van der Waals surface area contributed by atoms with Crippen LogP contribution in [0.15, 0.2) is 18.2 Å². The summed E-state index contributed by atoms with van der Waals surface area (Å²) >= 11 is 0. The molecule has 0 N–H and O–H groups in total. The van der Waals surface area contributed by atoms with Crippen molar-refractivity contribution in [2.75, 3.05) is 14.2 Å². The first-order chi connectivity index (χ1) is 9.55. The summed E-state index contributed by atoms with van der Waals surface area (Å²) in [5.41, 5.74) is 2.11. The van der Waals surface area contributed by atoms with E-state index in [1.165, 1.54) is 26.4 Å². The number of pyridine rings is 1. The van der Waals surface area contributed by atoms with Gasteiger partial charge in [0.1, 0.15) is 11.6 Å². The van der Waals surface area contributed by atoms with Crippen LogP contribution in [0.5, 0.6) is 5.75 Å². The molecule has 0 saturated heterocycles. The van der Waals surface area contributed by atoms with Gasteiger partial charge in [-0.15, -0.1) is 0 Å². The molecule has 0 amide bonds. The molecule has 0 atom stereocenters. The smallest absolute Gasteiger partial charge is 0.305 e. The maximum Gasteiger partial charge on any atom is 0.305 e. The minimum atomic E-state index is -0.374. The zero-order chi connectivity index (χ0) is 14.7. The molecule has 0 radical (unpaired) electrons. The van der Waals surface area contributed by atoms with Crippen LogP contribution in [-0.2, 0) is 16.0 Å². The number of hydrogen-bond donors (Lipinski definition) is 0. The number of nitrogens with zero attached hydrogens (tertiary/aromatic N) is 1. The van der Waals surface area contributed by atoms with E-state index in [0.717, 1.165) is 5.69 Å². The van der Waals surface area contributed by atoms with E-state index in [0.29, 0.717) is 28.6 Å². The number of methoxy groups -OCH3 is 2. The fourth-order valence-corrected chi connectivity index (χ4v) is 2.15. The Kier molecular flexibility index (Phi) is 4.17. The summed E-state index contributed by atoms with van der Waals surface area (Å²) in [6, 6.07) is 4.55. The Labute approximate surface area is 116 Å². The van der Waals surface area contributed by atoms with Gasteiger partial charge in [-0.3, -0.25) is 9.78 Å². The number of halogens is 1. The number of fused-ring (bicyclic) bond motifs is 1. The van der Waals surface area contributed by atoms with Gasteiger partial charge < -0.3 is 9.47 Å². The highest BCUT2D eigenvalue weighted by Gasteiger charge is 2.12. The van der Waals surface area contributed by atoms with Crippen molar-refractivity contribution in [3.05, 3.63) is 35.3 Å². The normalized spacial score (nSPS) is 10.6. The Balaban J connectivity index is 2.53. The van der Waals surface area contributed by atoms with Crippen molar-refractivity contribution in [3.8, 4) is 5.75 Å². The van der Waals surface area contributed by atoms with Crippen LogP contribution in [0.3, 0.4) is 0 Å². The van der Waals surface area contributed by atoms with Gasteiger partial charge in [-0.05, 0) is 31.0 Å². The Morgan fingerprint density at radius 2 is 2.05 bits per heavy atom. The summed E-state index contributed by atoms with van der Waals surface area (Å²) in [5, 5.41) is 0.609. The number of hydrogen-bond acceptors (Lipinski definition) is 4. The van der Waals surface area contributed by atoms with Crippen LogP contribution in [-0.4, -0.2) is 25.2 Å². The Morgan fingerprint density at radius 1 is 1.30 bits per heavy atom. The Hall–Kier alpha value is -2.17. The van der Waals surface area contributed by atoms with Crippen molar-refractivity contribution in [2.24, 2.45) is 0 Å². The lowest BCUT2D eigenvalue weighted by molar-refractivity contribution is -0.140. The molecule has 4 nitrogen and oxygen atoms in total. The quantitative estimate of drug-likeness (QED) is 0.806. The highest BCUT2D eigenvalue weighted by molar-refractivity contribution is 5.88. The molecule has 0 bridgehead atoms. The van der Waals surface area contributed by atoms with Crippen LogP contribution in [0.4, 0.5) is 4.39 Å². The third-order valence-electron chi connectivity index (χ3n) is 3.09. The van der Waals surface area contributed by atoms with Crippen LogP contribution in [0, 0.1) is 12.7 Å². The lowest BCUT2D eigenvalue weighted by Gasteiger charge is -2.10. The van der Waals surface area contributed by atoms with E-state index >= 15 is 0 Å². The third-order valence-corrected chi connectivity index (χ3v) is 3.09. The molecule has 2 rings (SSSR count). The number of aromatic nitrogens is 1. The standard InChI is InChI=1S/C15H16FNO3/c1-9-6-13(19-2)12-8-11(16)7-10(15(12)17-9)4-5-14(18)20-3/h6-8H,4-5H2,1-3H3. The van der Waals surface area contributed by atoms with Crippen molar-refractivity contribution in [1.82, 2.24) is 4.98 Å². The molecule has 0 fully saturated rings. The van der Waals surface area contributed by atoms with E-state index in [1.807, 2.05) is 6.92 Å². The van der Waals surface area contributed by atoms with Gasteiger partial charge in [0.25, 0.3) is 0 Å². The van der Waals surface area contributed by atoms with Crippen molar-refractivity contribution in [2.45, 2.75) is 19.8 Å². The maximum absolute atomic E-state index is 13.7. The molecule has 0 saturated carbocycles. The van der Waals surface area contributed by atoms with Crippen molar-refractivity contribution < 1.29 is 18.7 Å². The molecule has 20 heavy (non-hydrogen) atoms. The molecule has 5 heteroatoms. The largest absolute Gasteiger partial charge is 0.496 e. The Bertz CT molecular complexity index is 655. The molecule has 0 spiro atoms.